The molecule has 0 saturated heterocycles. The first-order valence-corrected chi connectivity index (χ1v) is 8.70. The maximum absolute atomic E-state index is 12.3. The highest BCUT2D eigenvalue weighted by molar-refractivity contribution is 6.08. The lowest BCUT2D eigenvalue weighted by Crippen LogP contribution is -2.12. The minimum absolute atomic E-state index is 0.0256. The number of pyridine rings is 1. The summed E-state index contributed by atoms with van der Waals surface area (Å²) in [6, 6.07) is 6.81. The number of benzene rings is 2. The van der Waals surface area contributed by atoms with Gasteiger partial charge in [-0.25, -0.2) is 19.4 Å². The van der Waals surface area contributed by atoms with Gasteiger partial charge in [-0.2, -0.15) is 5.10 Å². The number of nitrogens with zero attached hydrogens (tertiary/aromatic N) is 4. The molecule has 10 heteroatoms. The molecule has 10 nitrogen and oxygen atoms in total. The highest BCUT2D eigenvalue weighted by atomic mass is 16.5. The smallest absolute Gasteiger partial charge is 0.338 e. The quantitative estimate of drug-likeness (QED) is 0.365. The molecular formula is C20H16N4O6. The zero-order valence-electron chi connectivity index (χ0n) is 15.6. The van der Waals surface area contributed by atoms with Gasteiger partial charge in [0.2, 0.25) is 0 Å². The molecule has 2 heterocycles. The maximum Gasteiger partial charge on any atom is 0.338 e. The number of hydrogen-bond donors (Lipinski definition) is 4. The molecule has 0 aliphatic rings. The Morgan fingerprint density at radius 2 is 1.90 bits per heavy atom. The minimum Gasteiger partial charge on any atom is -0.504 e. The van der Waals surface area contributed by atoms with E-state index in [1.54, 1.807) is 0 Å². The summed E-state index contributed by atoms with van der Waals surface area (Å²) >= 11 is 0. The van der Waals surface area contributed by atoms with Gasteiger partial charge in [0, 0.05) is 17.0 Å². The van der Waals surface area contributed by atoms with Gasteiger partial charge in [-0.1, -0.05) is 6.07 Å². The van der Waals surface area contributed by atoms with Crippen molar-refractivity contribution in [1.29, 1.82) is 0 Å². The van der Waals surface area contributed by atoms with Crippen LogP contribution in [0.3, 0.4) is 0 Å². The van der Waals surface area contributed by atoms with E-state index in [4.69, 9.17) is 4.74 Å². The topological polar surface area (TPSA) is 151 Å². The van der Waals surface area contributed by atoms with Crippen molar-refractivity contribution >= 4 is 16.9 Å². The van der Waals surface area contributed by atoms with Gasteiger partial charge in [0.15, 0.2) is 23.0 Å². The molecule has 0 radical (unpaired) electrons. The SMILES string of the molecule is COc1cc2nc(Cn3cncn3)c(C(=O)O)c(-c3ccc(O)c(O)c3)c2cc1O. The Morgan fingerprint density at radius 3 is 2.53 bits per heavy atom. The van der Waals surface area contributed by atoms with Crippen LogP contribution in [0.2, 0.25) is 0 Å². The van der Waals surface area contributed by atoms with Gasteiger partial charge >= 0.3 is 5.97 Å². The minimum atomic E-state index is -1.25. The third-order valence-electron chi connectivity index (χ3n) is 4.62. The van der Waals surface area contributed by atoms with E-state index in [-0.39, 0.29) is 40.6 Å². The molecule has 2 aromatic heterocycles. The second-order valence-electron chi connectivity index (χ2n) is 6.45. The zero-order chi connectivity index (χ0) is 21.4. The summed E-state index contributed by atoms with van der Waals surface area (Å²) in [7, 11) is 1.39. The summed E-state index contributed by atoms with van der Waals surface area (Å²) in [6.45, 7) is 0.0256. The summed E-state index contributed by atoms with van der Waals surface area (Å²) in [5, 5.41) is 44.3. The van der Waals surface area contributed by atoms with E-state index in [0.29, 0.717) is 16.5 Å². The molecule has 0 saturated carbocycles. The summed E-state index contributed by atoms with van der Waals surface area (Å²) in [5.74, 6) is -2.04. The van der Waals surface area contributed by atoms with Crippen LogP contribution < -0.4 is 4.74 Å². The third kappa shape index (κ3) is 3.20. The zero-order valence-corrected chi connectivity index (χ0v) is 15.6. The van der Waals surface area contributed by atoms with E-state index >= 15 is 0 Å². The molecule has 4 aromatic rings. The van der Waals surface area contributed by atoms with E-state index in [2.05, 4.69) is 15.1 Å². The number of methoxy groups -OCH3 is 1. The van der Waals surface area contributed by atoms with Crippen LogP contribution >= 0.6 is 0 Å². The Bertz CT molecular complexity index is 1270. The standard InChI is InChI=1S/C20H16N4O6/c1-30-17-6-12-11(5-16(17)27)18(10-2-3-14(25)15(26)4-10)19(20(28)29)13(23-12)7-24-9-21-8-22-24/h2-6,8-9,25-27H,7H2,1H3,(H,28,29). The van der Waals surface area contributed by atoms with E-state index < -0.39 is 11.7 Å². The number of rotatable bonds is 5. The van der Waals surface area contributed by atoms with Gasteiger partial charge in [0.25, 0.3) is 0 Å². The lowest BCUT2D eigenvalue weighted by Gasteiger charge is -2.16. The van der Waals surface area contributed by atoms with Gasteiger partial charge < -0.3 is 25.2 Å². The van der Waals surface area contributed by atoms with Crippen LogP contribution in [0.15, 0.2) is 43.0 Å². The molecule has 0 aliphatic carbocycles. The van der Waals surface area contributed by atoms with Gasteiger partial charge in [0.05, 0.1) is 30.4 Å². The van der Waals surface area contributed by atoms with Crippen LogP contribution in [0.1, 0.15) is 16.1 Å². The first-order chi connectivity index (χ1) is 14.4. The van der Waals surface area contributed by atoms with Crippen LogP contribution in [0.5, 0.6) is 23.0 Å². The molecule has 0 bridgehead atoms. The molecular weight excluding hydrogens is 392 g/mol. The van der Waals surface area contributed by atoms with Crippen LogP contribution in [-0.2, 0) is 6.54 Å². The van der Waals surface area contributed by atoms with E-state index in [0.717, 1.165) is 0 Å². The van der Waals surface area contributed by atoms with Crippen molar-refractivity contribution in [3.63, 3.8) is 0 Å². The van der Waals surface area contributed by atoms with Crippen molar-refractivity contribution in [2.45, 2.75) is 6.54 Å². The van der Waals surface area contributed by atoms with Crippen molar-refractivity contribution in [2.24, 2.45) is 0 Å². The fraction of sp³-hybridized carbons (Fsp3) is 0.100. The molecule has 0 atom stereocenters. The third-order valence-corrected chi connectivity index (χ3v) is 4.62. The van der Waals surface area contributed by atoms with Gasteiger partial charge in [0.1, 0.15) is 12.7 Å². The number of carboxylic acid groups (broad SMARTS) is 1. The van der Waals surface area contributed by atoms with Crippen molar-refractivity contribution in [1.82, 2.24) is 19.7 Å². The maximum atomic E-state index is 12.3. The van der Waals surface area contributed by atoms with Crippen molar-refractivity contribution in [3.8, 4) is 34.1 Å². The number of fused-ring (bicyclic) bond motifs is 1. The predicted octanol–water partition coefficient (Wildman–Crippen LogP) is 2.37. The number of aromatic nitrogens is 4. The summed E-state index contributed by atoms with van der Waals surface area (Å²) in [4.78, 5) is 20.6. The number of hydrogen-bond acceptors (Lipinski definition) is 8. The van der Waals surface area contributed by atoms with Gasteiger partial charge in [-0.3, -0.25) is 0 Å². The molecule has 0 unspecified atom stereocenters. The first kappa shape index (κ1) is 19.0. The Labute approximate surface area is 169 Å². The van der Waals surface area contributed by atoms with Crippen molar-refractivity contribution in [3.05, 3.63) is 54.2 Å². The van der Waals surface area contributed by atoms with E-state index in [1.807, 2.05) is 0 Å². The summed E-state index contributed by atoms with van der Waals surface area (Å²) in [5.41, 5.74) is 0.964. The Morgan fingerprint density at radius 1 is 1.10 bits per heavy atom. The molecule has 152 valence electrons. The van der Waals surface area contributed by atoms with Crippen LogP contribution in [-0.4, -0.2) is 53.3 Å². The predicted molar refractivity (Wildman–Crippen MR) is 105 cm³/mol. The fourth-order valence-corrected chi connectivity index (χ4v) is 3.29. The summed E-state index contributed by atoms with van der Waals surface area (Å²) in [6.07, 6.45) is 2.75. The molecule has 4 N–H and O–H groups in total. The molecule has 0 fully saturated rings. The van der Waals surface area contributed by atoms with Crippen molar-refractivity contribution < 1.29 is 30.0 Å². The number of carboxylic acids is 1. The second-order valence-corrected chi connectivity index (χ2v) is 6.45. The highest BCUT2D eigenvalue weighted by Gasteiger charge is 2.24. The van der Waals surface area contributed by atoms with E-state index in [1.165, 1.54) is 54.8 Å². The molecule has 30 heavy (non-hydrogen) atoms. The van der Waals surface area contributed by atoms with Crippen LogP contribution in [0, 0.1) is 0 Å². The fourth-order valence-electron chi connectivity index (χ4n) is 3.29. The van der Waals surface area contributed by atoms with Crippen molar-refractivity contribution in [2.75, 3.05) is 7.11 Å². The Balaban J connectivity index is 2.10. The number of phenolic OH excluding ortho intramolecular Hbond substituents is 3. The average molecular weight is 408 g/mol. The van der Waals surface area contributed by atoms with E-state index in [9.17, 15) is 25.2 Å². The lowest BCUT2D eigenvalue weighted by molar-refractivity contribution is 0.0696. The second kappa shape index (κ2) is 7.24. The molecule has 0 aliphatic heterocycles. The number of carbonyl (C=O) groups is 1. The number of phenols is 3. The summed E-state index contributed by atoms with van der Waals surface area (Å²) < 4.78 is 6.58. The number of aromatic hydroxyl groups is 3. The Kier molecular flexibility index (Phi) is 4.59. The normalized spacial score (nSPS) is 11.0. The lowest BCUT2D eigenvalue weighted by atomic mass is 9.93. The molecule has 0 amide bonds. The highest BCUT2D eigenvalue weighted by Crippen LogP contribution is 2.40. The first-order valence-electron chi connectivity index (χ1n) is 8.70. The number of ether oxygens (including phenoxy) is 1. The van der Waals surface area contributed by atoms with Gasteiger partial charge in [-0.05, 0) is 23.8 Å². The molecule has 4 rings (SSSR count). The van der Waals surface area contributed by atoms with Crippen LogP contribution in [0.4, 0.5) is 0 Å². The largest absolute Gasteiger partial charge is 0.504 e. The van der Waals surface area contributed by atoms with Gasteiger partial charge in [-0.15, -0.1) is 0 Å². The average Bonchev–Trinajstić information content (AvgIpc) is 3.22. The molecule has 2 aromatic carbocycles. The number of aromatic carboxylic acids is 1. The van der Waals surface area contributed by atoms with Crippen LogP contribution in [0.25, 0.3) is 22.0 Å². The Hall–Kier alpha value is -4.34. The molecule has 0 spiro atoms. The monoisotopic (exact) mass is 408 g/mol.